The first-order chi connectivity index (χ1) is 12.7. The van der Waals surface area contributed by atoms with Crippen LogP contribution in [0.4, 0.5) is 4.39 Å². The van der Waals surface area contributed by atoms with Crippen LogP contribution in [-0.2, 0) is 19.6 Å². The fraction of sp³-hybridized carbons (Fsp3) is 0.222. The zero-order chi connectivity index (χ0) is 20.2. The molecule has 0 saturated carbocycles. The molecule has 2 aromatic carbocycles. The number of halogens is 1. The first-order valence-electron chi connectivity index (χ1n) is 7.80. The third-order valence-corrected chi connectivity index (χ3v) is 5.42. The number of hydroxylamine groups is 1. The molecule has 0 bridgehead atoms. The highest BCUT2D eigenvalue weighted by Gasteiger charge is 2.24. The van der Waals surface area contributed by atoms with Crippen molar-refractivity contribution < 1.29 is 32.0 Å². The van der Waals surface area contributed by atoms with E-state index in [2.05, 4.69) is 4.84 Å². The van der Waals surface area contributed by atoms with Crippen LogP contribution in [0.2, 0.25) is 0 Å². The van der Waals surface area contributed by atoms with E-state index < -0.39 is 33.7 Å². The van der Waals surface area contributed by atoms with Crippen LogP contribution in [0.5, 0.6) is 0 Å². The highest BCUT2D eigenvalue weighted by atomic mass is 32.2. The van der Waals surface area contributed by atoms with Crippen molar-refractivity contribution in [3.8, 4) is 0 Å². The van der Waals surface area contributed by atoms with Gasteiger partial charge < -0.3 is 4.74 Å². The van der Waals surface area contributed by atoms with Gasteiger partial charge in [0.1, 0.15) is 5.82 Å². The van der Waals surface area contributed by atoms with Gasteiger partial charge in [-0.2, -0.15) is 0 Å². The van der Waals surface area contributed by atoms with Gasteiger partial charge in [-0.1, -0.05) is 10.5 Å². The summed E-state index contributed by atoms with van der Waals surface area (Å²) >= 11 is 0. The van der Waals surface area contributed by atoms with Gasteiger partial charge in [0.25, 0.3) is 10.0 Å². The second kappa shape index (κ2) is 8.38. The minimum Gasteiger partial charge on any atom is -0.451 e. The molecule has 2 aromatic rings. The van der Waals surface area contributed by atoms with E-state index >= 15 is 0 Å². The Bertz CT molecular complexity index is 943. The van der Waals surface area contributed by atoms with Crippen LogP contribution in [0.25, 0.3) is 0 Å². The lowest BCUT2D eigenvalue weighted by molar-refractivity contribution is -0.0258. The van der Waals surface area contributed by atoms with E-state index in [1.165, 1.54) is 51.4 Å². The molecule has 7 nitrogen and oxygen atoms in total. The number of sulfonamides is 1. The molecule has 0 amide bonds. The van der Waals surface area contributed by atoms with Gasteiger partial charge >= 0.3 is 5.97 Å². The Morgan fingerprint density at radius 2 is 1.70 bits per heavy atom. The zero-order valence-corrected chi connectivity index (χ0v) is 15.7. The van der Waals surface area contributed by atoms with Gasteiger partial charge in [0.05, 0.1) is 17.6 Å². The number of carbonyl (C=O) groups excluding carboxylic acids is 2. The highest BCUT2D eigenvalue weighted by Crippen LogP contribution is 2.17. The van der Waals surface area contributed by atoms with Gasteiger partial charge in [0.15, 0.2) is 6.10 Å². The van der Waals surface area contributed by atoms with E-state index in [1.54, 1.807) is 0 Å². The topological polar surface area (TPSA) is 90.0 Å². The molecule has 1 atom stereocenters. The van der Waals surface area contributed by atoms with Crippen molar-refractivity contribution in [3.05, 3.63) is 65.5 Å². The maximum atomic E-state index is 12.9. The summed E-state index contributed by atoms with van der Waals surface area (Å²) in [4.78, 5) is 29.1. The quantitative estimate of drug-likeness (QED) is 0.406. The Balaban J connectivity index is 2.17. The lowest BCUT2D eigenvalue weighted by Crippen LogP contribution is -2.26. The van der Waals surface area contributed by atoms with Crippen molar-refractivity contribution in [2.45, 2.75) is 17.9 Å². The third-order valence-electron chi connectivity index (χ3n) is 3.74. The normalized spacial score (nSPS) is 12.6. The average molecular weight is 395 g/mol. The van der Waals surface area contributed by atoms with Gasteiger partial charge in [0, 0.05) is 12.6 Å². The number of carbonyl (C=O) groups is 2. The number of nitrogens with zero attached hydrogens (tertiary/aromatic N) is 1. The summed E-state index contributed by atoms with van der Waals surface area (Å²) in [5, 5.41) is 0. The van der Waals surface area contributed by atoms with Crippen molar-refractivity contribution >= 4 is 21.8 Å². The molecular weight excluding hydrogens is 377 g/mol. The lowest BCUT2D eigenvalue weighted by Gasteiger charge is -2.15. The van der Waals surface area contributed by atoms with E-state index in [0.29, 0.717) is 4.47 Å². The summed E-state index contributed by atoms with van der Waals surface area (Å²) in [7, 11) is -1.53. The Morgan fingerprint density at radius 1 is 1.07 bits per heavy atom. The van der Waals surface area contributed by atoms with Crippen LogP contribution in [-0.4, -0.2) is 44.9 Å². The monoisotopic (exact) mass is 395 g/mol. The number of esters is 1. The molecule has 0 aromatic heterocycles. The molecule has 27 heavy (non-hydrogen) atoms. The zero-order valence-electron chi connectivity index (χ0n) is 14.9. The van der Waals surface area contributed by atoms with Crippen molar-refractivity contribution in [2.75, 3.05) is 14.2 Å². The van der Waals surface area contributed by atoms with Crippen LogP contribution in [0.1, 0.15) is 27.6 Å². The second-order valence-corrected chi connectivity index (χ2v) is 7.48. The summed E-state index contributed by atoms with van der Waals surface area (Å²) in [6.07, 6.45) is -1.13. The van der Waals surface area contributed by atoms with Crippen LogP contribution in [0.15, 0.2) is 53.4 Å². The number of hydrogen-bond acceptors (Lipinski definition) is 6. The number of ketones is 1. The Labute approximate surface area is 156 Å². The lowest BCUT2D eigenvalue weighted by atomic mass is 10.1. The number of hydrogen-bond donors (Lipinski definition) is 0. The maximum Gasteiger partial charge on any atom is 0.338 e. The minimum absolute atomic E-state index is 0.0423. The smallest absolute Gasteiger partial charge is 0.338 e. The highest BCUT2D eigenvalue weighted by molar-refractivity contribution is 7.89. The van der Waals surface area contributed by atoms with E-state index in [4.69, 9.17) is 4.74 Å². The molecule has 144 valence electrons. The van der Waals surface area contributed by atoms with Crippen molar-refractivity contribution in [1.29, 1.82) is 0 Å². The largest absolute Gasteiger partial charge is 0.451 e. The van der Waals surface area contributed by atoms with E-state index in [0.717, 1.165) is 18.2 Å². The summed E-state index contributed by atoms with van der Waals surface area (Å²) in [5.74, 6) is -1.86. The van der Waals surface area contributed by atoms with E-state index in [1.807, 2.05) is 0 Å². The summed E-state index contributed by atoms with van der Waals surface area (Å²) in [5.41, 5.74) is 0.147. The first kappa shape index (κ1) is 20.7. The molecule has 0 fully saturated rings. The predicted molar refractivity (Wildman–Crippen MR) is 94.0 cm³/mol. The fourth-order valence-electron chi connectivity index (χ4n) is 2.16. The molecule has 0 heterocycles. The van der Waals surface area contributed by atoms with Crippen molar-refractivity contribution in [3.63, 3.8) is 0 Å². The molecule has 0 unspecified atom stereocenters. The van der Waals surface area contributed by atoms with Gasteiger partial charge in [-0.15, -0.1) is 0 Å². The molecule has 2 rings (SSSR count). The first-order valence-corrected chi connectivity index (χ1v) is 9.24. The Morgan fingerprint density at radius 3 is 2.30 bits per heavy atom. The van der Waals surface area contributed by atoms with Gasteiger partial charge in [-0.3, -0.25) is 9.63 Å². The fourth-order valence-corrected chi connectivity index (χ4v) is 3.18. The van der Waals surface area contributed by atoms with E-state index in [9.17, 15) is 22.4 Å². The second-order valence-electron chi connectivity index (χ2n) is 5.54. The van der Waals surface area contributed by atoms with Crippen molar-refractivity contribution in [2.24, 2.45) is 0 Å². The third kappa shape index (κ3) is 4.76. The molecule has 0 aliphatic rings. The average Bonchev–Trinajstić information content (AvgIpc) is 2.67. The molecule has 9 heteroatoms. The summed E-state index contributed by atoms with van der Waals surface area (Å²) < 4.78 is 43.2. The molecule has 0 radical (unpaired) electrons. The standard InChI is InChI=1S/C18H18FNO6S/c1-12(17(21)13-7-9-15(19)10-8-13)26-18(22)14-5-4-6-16(11-14)27(23,24)20(2)25-3/h4-12H,1-3H3/t12-/m1/s1. The Hall–Kier alpha value is -2.62. The molecule has 0 saturated heterocycles. The van der Waals surface area contributed by atoms with E-state index in [-0.39, 0.29) is 16.0 Å². The Kier molecular flexibility index (Phi) is 6.42. The van der Waals surface area contributed by atoms with Gasteiger partial charge in [0.2, 0.25) is 5.78 Å². The predicted octanol–water partition coefficient (Wildman–Crippen LogP) is 2.44. The minimum atomic E-state index is -3.94. The van der Waals surface area contributed by atoms with Crippen LogP contribution < -0.4 is 0 Å². The molecule has 0 aliphatic carbocycles. The maximum absolute atomic E-state index is 12.9. The van der Waals surface area contributed by atoms with Crippen LogP contribution in [0, 0.1) is 5.82 Å². The number of rotatable bonds is 7. The van der Waals surface area contributed by atoms with Gasteiger partial charge in [-0.25, -0.2) is 17.6 Å². The molecular formula is C18H18FNO6S. The van der Waals surface area contributed by atoms with Crippen LogP contribution >= 0.6 is 0 Å². The summed E-state index contributed by atoms with van der Waals surface area (Å²) in [6, 6.07) is 10.00. The number of Topliss-reactive ketones (excluding diaryl/α,β-unsaturated/α-hetero) is 1. The summed E-state index contributed by atoms with van der Waals surface area (Å²) in [6.45, 7) is 1.38. The molecule has 0 N–H and O–H groups in total. The number of ether oxygens (including phenoxy) is 1. The molecule has 0 spiro atoms. The molecule has 0 aliphatic heterocycles. The van der Waals surface area contributed by atoms with Crippen LogP contribution in [0.3, 0.4) is 0 Å². The number of benzene rings is 2. The SMILES string of the molecule is CON(C)S(=O)(=O)c1cccc(C(=O)O[C@H](C)C(=O)c2ccc(F)cc2)c1. The van der Waals surface area contributed by atoms with Gasteiger partial charge in [-0.05, 0) is 49.4 Å². The van der Waals surface area contributed by atoms with Crippen molar-refractivity contribution in [1.82, 2.24) is 4.47 Å².